The maximum absolute atomic E-state index is 12.5. The zero-order valence-electron chi connectivity index (χ0n) is 52.1. The lowest BCUT2D eigenvalue weighted by atomic mass is 9.91. The van der Waals surface area contributed by atoms with Crippen LogP contribution in [0.1, 0.15) is 122 Å². The summed E-state index contributed by atoms with van der Waals surface area (Å²) in [6.45, 7) is 12.5. The molecule has 0 amide bonds. The molecule has 0 spiro atoms. The van der Waals surface area contributed by atoms with Crippen molar-refractivity contribution in [2.75, 3.05) is 66.0 Å². The van der Waals surface area contributed by atoms with Crippen LogP contribution in [0.5, 0.6) is 0 Å². The highest BCUT2D eigenvalue weighted by molar-refractivity contribution is 8.01. The molecule has 0 aromatic heterocycles. The Kier molecular flexibility index (Phi) is 34.0. The molecule has 0 unspecified atom stereocenters. The molecule has 0 saturated carbocycles. The first-order valence-corrected chi connectivity index (χ1v) is 31.4. The molecule has 502 valence electrons. The first kappa shape index (κ1) is 77.1. The monoisotopic (exact) mass is 1330 g/mol. The van der Waals surface area contributed by atoms with Gasteiger partial charge in [0.1, 0.15) is 19.8 Å². The number of carbonyl (C=O) groups is 12. The number of nitrogens with zero attached hydrogens (tertiary/aromatic N) is 3. The second-order valence-corrected chi connectivity index (χ2v) is 25.6. The van der Waals surface area contributed by atoms with E-state index < -0.39 is 163 Å². The van der Waals surface area contributed by atoms with Crippen molar-refractivity contribution in [2.24, 2.45) is 10.5 Å². The maximum atomic E-state index is 12.5. The predicted molar refractivity (Wildman–Crippen MR) is 312 cm³/mol. The molecular formula is C56H83N3O27S3. The summed E-state index contributed by atoms with van der Waals surface area (Å²) in [5.74, 6) is -8.50. The van der Waals surface area contributed by atoms with E-state index in [2.05, 4.69) is 10.0 Å². The van der Waals surface area contributed by atoms with Crippen molar-refractivity contribution >= 4 is 107 Å². The Morgan fingerprint density at radius 3 is 0.753 bits per heavy atom. The van der Waals surface area contributed by atoms with Gasteiger partial charge in [0, 0.05) is 136 Å². The number of hydrogen-bond acceptors (Lipinski definition) is 31. The van der Waals surface area contributed by atoms with E-state index in [1.807, 2.05) is 0 Å². The topological polar surface area (TPSA) is 392 Å². The first-order chi connectivity index (χ1) is 41.9. The van der Waals surface area contributed by atoms with E-state index in [1.54, 1.807) is 0 Å². The summed E-state index contributed by atoms with van der Waals surface area (Å²) >= 11 is 3.61. The Labute approximate surface area is 528 Å². The molecular weight excluding hydrogens is 1240 g/mol. The largest absolute Gasteiger partial charge is 0.465 e. The summed E-state index contributed by atoms with van der Waals surface area (Å²) in [7, 11) is 0. The van der Waals surface area contributed by atoms with Crippen LogP contribution < -0.4 is 0 Å². The summed E-state index contributed by atoms with van der Waals surface area (Å²) in [5.41, 5.74) is 8.49. The highest BCUT2D eigenvalue weighted by Crippen LogP contribution is 2.43. The average molecular weight is 1330 g/mol. The van der Waals surface area contributed by atoms with Crippen molar-refractivity contribution in [3.63, 3.8) is 0 Å². The van der Waals surface area contributed by atoms with E-state index in [1.165, 1.54) is 56.1 Å². The Bertz CT molecular complexity index is 2240. The Balaban J connectivity index is 1.97. The highest BCUT2D eigenvalue weighted by atomic mass is 32.2. The second-order valence-electron chi connectivity index (χ2n) is 21.2. The minimum absolute atomic E-state index is 0.0215. The molecule has 3 aliphatic rings. The van der Waals surface area contributed by atoms with Gasteiger partial charge in [-0.3, -0.25) is 57.5 Å². The van der Waals surface area contributed by atoms with Crippen molar-refractivity contribution in [3.8, 4) is 0 Å². The van der Waals surface area contributed by atoms with Crippen LogP contribution >= 0.6 is 35.3 Å². The molecule has 0 radical (unpaired) electrons. The van der Waals surface area contributed by atoms with Crippen LogP contribution in [0.25, 0.3) is 10.4 Å². The van der Waals surface area contributed by atoms with Crippen molar-refractivity contribution in [1.29, 1.82) is 0 Å². The third kappa shape index (κ3) is 27.9. The van der Waals surface area contributed by atoms with Crippen molar-refractivity contribution in [2.45, 2.75) is 208 Å². The van der Waals surface area contributed by atoms with Gasteiger partial charge in [0.25, 0.3) is 0 Å². The van der Waals surface area contributed by atoms with Gasteiger partial charge in [0.15, 0.2) is 54.9 Å². The predicted octanol–water partition coefficient (Wildman–Crippen LogP) is 4.20. The fraction of sp³-hybridized carbons (Fsp3) is 0.786. The van der Waals surface area contributed by atoms with Gasteiger partial charge in [-0.2, -0.15) is 0 Å². The average Bonchev–Trinajstić information content (AvgIpc) is 1.95. The van der Waals surface area contributed by atoms with Gasteiger partial charge in [-0.25, -0.2) is 0 Å². The quantitative estimate of drug-likeness (QED) is 0.0214. The molecule has 3 saturated heterocycles. The van der Waals surface area contributed by atoms with Gasteiger partial charge >= 0.3 is 71.6 Å². The van der Waals surface area contributed by atoms with Gasteiger partial charge in [-0.15, -0.1) is 35.3 Å². The molecule has 3 heterocycles. The molecule has 3 rings (SSSR count). The van der Waals surface area contributed by atoms with Crippen LogP contribution in [0.2, 0.25) is 0 Å². The van der Waals surface area contributed by atoms with Crippen LogP contribution in [0.15, 0.2) is 5.11 Å². The summed E-state index contributed by atoms with van der Waals surface area (Å²) in [5, 5.41) is -0.292. The molecule has 15 atom stereocenters. The molecule has 0 aromatic rings. The lowest BCUT2D eigenvalue weighted by Gasteiger charge is -2.44. The minimum atomic E-state index is -1.29. The number of thioether (sulfide) groups is 3. The van der Waals surface area contributed by atoms with Crippen LogP contribution in [0.4, 0.5) is 0 Å². The molecule has 3 fully saturated rings. The SMILES string of the molecule is CC(=O)OC[C@@H]1S[C@H](CCCOCC(CN=[N+]=[N-])(COCCC[C@H]2S[C@@H](COC(C)=O)[C@@H](OC(C)=O)[C@H](OC(C)=O)[C@H]2OC(C)=O)COCCC[C@H]2S[C@@H](COC(C)=O)[C@@H](OC(C)=O)[C@H](OC(C)=O)[C@@H]2OC(C)=O)[C@H](OC(C)=O)[C@@H](OC(C)=O)[C@@H]1OC(C)=O. The van der Waals surface area contributed by atoms with E-state index >= 15 is 0 Å². The Morgan fingerprint density at radius 1 is 0.337 bits per heavy atom. The van der Waals surface area contributed by atoms with Crippen molar-refractivity contribution < 1.29 is 129 Å². The van der Waals surface area contributed by atoms with Crippen molar-refractivity contribution in [1.82, 2.24) is 0 Å². The van der Waals surface area contributed by atoms with E-state index in [9.17, 15) is 63.1 Å². The number of hydrogen-bond donors (Lipinski definition) is 0. The van der Waals surface area contributed by atoms with Gasteiger partial charge in [-0.1, -0.05) is 5.11 Å². The Morgan fingerprint density at radius 2 is 0.551 bits per heavy atom. The molecule has 0 aromatic carbocycles. The van der Waals surface area contributed by atoms with E-state index in [0.717, 1.165) is 62.3 Å². The van der Waals surface area contributed by atoms with E-state index in [0.29, 0.717) is 0 Å². The summed E-state index contributed by atoms with van der Waals surface area (Å²) in [6.07, 6.45) is -9.33. The molecule has 30 nitrogen and oxygen atoms in total. The number of ether oxygens (including phenoxy) is 15. The summed E-state index contributed by atoms with van der Waals surface area (Å²) in [4.78, 5) is 151. The highest BCUT2D eigenvalue weighted by Gasteiger charge is 2.54. The lowest BCUT2D eigenvalue weighted by Crippen LogP contribution is -2.58. The fourth-order valence-corrected chi connectivity index (χ4v) is 15.0. The molecule has 0 bridgehead atoms. The standard InChI is InChI=1S/C56H83N3O27S3/c1-29(60)75-22-44-50(81-35(7)66)53(84-38(10)69)47(78-32(4)63)41(87-44)16-13-19-72-26-56(25-58-59-57,27-73-20-14-17-42-48(79-33(5)64)54(85-39(11)70)51(82-36(8)67)45(88-42)23-76-30(2)61)28-74-21-15-18-43-49(80-34(6)65)55(86-40(12)71)52(83-37(9)68)46(89-43)24-77-31(3)62/h41-55H,13-28H2,1-12H3/t41-,42-,43-,44+,45+,46+,47-,48+,49+,50-,51-,52-,53-,54-,55-/m1/s1. The minimum Gasteiger partial charge on any atom is -0.465 e. The number of azide groups is 1. The zero-order chi connectivity index (χ0) is 66.5. The zero-order valence-corrected chi connectivity index (χ0v) is 54.5. The fourth-order valence-electron chi connectivity index (χ4n) is 10.1. The molecule has 33 heteroatoms. The van der Waals surface area contributed by atoms with Gasteiger partial charge in [0.2, 0.25) is 0 Å². The maximum Gasteiger partial charge on any atom is 0.303 e. The molecule has 89 heavy (non-hydrogen) atoms. The molecule has 0 N–H and O–H groups in total. The second kappa shape index (κ2) is 39.2. The third-order valence-electron chi connectivity index (χ3n) is 13.3. The third-order valence-corrected chi connectivity index (χ3v) is 18.1. The normalized spacial score (nSPS) is 27.0. The van der Waals surface area contributed by atoms with Crippen LogP contribution in [0.3, 0.4) is 0 Å². The smallest absolute Gasteiger partial charge is 0.303 e. The first-order valence-electron chi connectivity index (χ1n) is 28.6. The van der Waals surface area contributed by atoms with E-state index in [4.69, 9.17) is 71.1 Å². The van der Waals surface area contributed by atoms with Crippen LogP contribution in [-0.2, 0) is 129 Å². The van der Waals surface area contributed by atoms with Crippen molar-refractivity contribution in [3.05, 3.63) is 10.4 Å². The lowest BCUT2D eigenvalue weighted by molar-refractivity contribution is -0.186. The van der Waals surface area contributed by atoms with Crippen LogP contribution in [0, 0.1) is 5.41 Å². The van der Waals surface area contributed by atoms with Gasteiger partial charge in [0.05, 0.1) is 35.6 Å². The Hall–Kier alpha value is -6.12. The van der Waals surface area contributed by atoms with E-state index in [-0.39, 0.29) is 105 Å². The van der Waals surface area contributed by atoms with Crippen LogP contribution in [-0.4, -0.2) is 224 Å². The number of rotatable bonds is 35. The van der Waals surface area contributed by atoms with Gasteiger partial charge < -0.3 is 71.1 Å². The number of carbonyl (C=O) groups excluding carboxylic acids is 12. The summed E-state index contributed by atoms with van der Waals surface area (Å²) in [6, 6.07) is 0. The summed E-state index contributed by atoms with van der Waals surface area (Å²) < 4.78 is 85.8. The molecule has 0 aliphatic carbocycles. The molecule has 3 aliphatic heterocycles. The van der Waals surface area contributed by atoms with Gasteiger partial charge in [-0.05, 0) is 44.1 Å². The number of esters is 12.